The van der Waals surface area contributed by atoms with Crippen molar-refractivity contribution in [3.63, 3.8) is 0 Å². The predicted octanol–water partition coefficient (Wildman–Crippen LogP) is 4.19. The molecule has 3 unspecified atom stereocenters. The van der Waals surface area contributed by atoms with Gasteiger partial charge in [-0.05, 0) is 37.2 Å². The summed E-state index contributed by atoms with van der Waals surface area (Å²) in [5.74, 6) is -0.424. The van der Waals surface area contributed by atoms with E-state index in [1.807, 2.05) is 56.1 Å². The number of benzene rings is 1. The molecule has 1 aliphatic heterocycles. The standard InChI is InChI=1S/C33H55N3O6/c1-10-22(4)30(35(7)28(37)19-21(2)3)27(41-8)20-29(38)36-18-14-17-26(36)32(42-9)23(5)33(40)34-24(6)31(39)25-15-12-11-13-16-25/h11-13,15-16,21-24,26-27,30-32,39H,10,14,17-20H2,1-9H3,(H,34,40)/t22-,23+,24+,26-,27?,30?,31+,32?/m0/s1. The monoisotopic (exact) mass is 589 g/mol. The van der Waals surface area contributed by atoms with E-state index in [1.54, 1.807) is 33.0 Å². The van der Waals surface area contributed by atoms with Crippen LogP contribution in [0.25, 0.3) is 0 Å². The van der Waals surface area contributed by atoms with Crippen molar-refractivity contribution >= 4 is 17.7 Å². The molecule has 0 aromatic heterocycles. The minimum atomic E-state index is -0.845. The molecule has 42 heavy (non-hydrogen) atoms. The van der Waals surface area contributed by atoms with E-state index in [1.165, 1.54) is 0 Å². The molecule has 1 fully saturated rings. The van der Waals surface area contributed by atoms with E-state index < -0.39 is 30.3 Å². The molecular formula is C33H55N3O6. The van der Waals surface area contributed by atoms with Gasteiger partial charge in [0.1, 0.15) is 0 Å². The molecular weight excluding hydrogens is 534 g/mol. The molecule has 1 aliphatic rings. The van der Waals surface area contributed by atoms with Crippen molar-refractivity contribution in [1.82, 2.24) is 15.1 Å². The van der Waals surface area contributed by atoms with Crippen molar-refractivity contribution in [3.8, 4) is 0 Å². The van der Waals surface area contributed by atoms with E-state index in [4.69, 9.17) is 9.47 Å². The molecule has 1 heterocycles. The maximum absolute atomic E-state index is 13.8. The van der Waals surface area contributed by atoms with Crippen LogP contribution >= 0.6 is 0 Å². The third-order valence-electron chi connectivity index (χ3n) is 8.87. The lowest BCUT2D eigenvalue weighted by Gasteiger charge is -2.39. The molecule has 2 rings (SSSR count). The van der Waals surface area contributed by atoms with Crippen molar-refractivity contribution in [1.29, 1.82) is 0 Å². The van der Waals surface area contributed by atoms with Gasteiger partial charge in [-0.15, -0.1) is 0 Å². The molecule has 0 saturated carbocycles. The number of likely N-dealkylation sites (tertiary alicyclic amines) is 1. The van der Waals surface area contributed by atoms with E-state index >= 15 is 0 Å². The molecule has 1 saturated heterocycles. The van der Waals surface area contributed by atoms with E-state index in [2.05, 4.69) is 19.2 Å². The maximum Gasteiger partial charge on any atom is 0.225 e. The SMILES string of the molecule is CC[C@H](C)C(C(CC(=O)N1CCC[C@H]1C(OC)[C@@H](C)C(=O)N[C@H](C)[C@@H](O)c1ccccc1)OC)N(C)C(=O)CC(C)C. The van der Waals surface area contributed by atoms with Crippen LogP contribution in [0.2, 0.25) is 0 Å². The number of aliphatic hydroxyl groups excluding tert-OH is 1. The lowest BCUT2D eigenvalue weighted by Crippen LogP contribution is -2.53. The van der Waals surface area contributed by atoms with Crippen LogP contribution in [0.5, 0.6) is 0 Å². The Labute approximate surface area is 253 Å². The van der Waals surface area contributed by atoms with E-state index in [0.29, 0.717) is 13.0 Å². The topological polar surface area (TPSA) is 108 Å². The summed E-state index contributed by atoms with van der Waals surface area (Å²) in [6.07, 6.45) is 1.15. The van der Waals surface area contributed by atoms with Gasteiger partial charge in [-0.25, -0.2) is 0 Å². The lowest BCUT2D eigenvalue weighted by atomic mass is 9.90. The molecule has 9 nitrogen and oxygen atoms in total. The zero-order valence-electron chi connectivity index (χ0n) is 27.2. The second-order valence-electron chi connectivity index (χ2n) is 12.4. The Morgan fingerprint density at radius 1 is 1.05 bits per heavy atom. The van der Waals surface area contributed by atoms with Gasteiger partial charge in [0, 0.05) is 34.2 Å². The lowest BCUT2D eigenvalue weighted by molar-refractivity contribution is -0.146. The van der Waals surface area contributed by atoms with Crippen LogP contribution < -0.4 is 5.32 Å². The number of ether oxygens (including phenoxy) is 2. The highest BCUT2D eigenvalue weighted by Gasteiger charge is 2.42. The Bertz CT molecular complexity index is 989. The van der Waals surface area contributed by atoms with Crippen molar-refractivity contribution in [3.05, 3.63) is 35.9 Å². The third-order valence-corrected chi connectivity index (χ3v) is 8.87. The summed E-state index contributed by atoms with van der Waals surface area (Å²) in [7, 11) is 4.99. The molecule has 0 bridgehead atoms. The van der Waals surface area contributed by atoms with Crippen molar-refractivity contribution in [2.75, 3.05) is 27.8 Å². The predicted molar refractivity (Wildman–Crippen MR) is 165 cm³/mol. The fourth-order valence-electron chi connectivity index (χ4n) is 6.19. The number of carbonyl (C=O) groups excluding carboxylic acids is 3. The number of methoxy groups -OCH3 is 2. The average Bonchev–Trinajstić information content (AvgIpc) is 3.46. The first-order valence-corrected chi connectivity index (χ1v) is 15.5. The van der Waals surface area contributed by atoms with Crippen LogP contribution in [0.4, 0.5) is 0 Å². The molecule has 9 heteroatoms. The van der Waals surface area contributed by atoms with Crippen LogP contribution in [0.3, 0.4) is 0 Å². The normalized spacial score (nSPS) is 20.4. The first kappa shape index (κ1) is 35.7. The molecule has 2 N–H and O–H groups in total. The van der Waals surface area contributed by atoms with Crippen LogP contribution in [0, 0.1) is 17.8 Å². The molecule has 1 aromatic rings. The summed E-state index contributed by atoms with van der Waals surface area (Å²) in [4.78, 5) is 43.7. The maximum atomic E-state index is 13.8. The van der Waals surface area contributed by atoms with Gasteiger partial charge in [0.25, 0.3) is 0 Å². The van der Waals surface area contributed by atoms with Crippen LogP contribution in [-0.4, -0.2) is 90.8 Å². The van der Waals surface area contributed by atoms with Gasteiger partial charge >= 0.3 is 0 Å². The summed E-state index contributed by atoms with van der Waals surface area (Å²) in [5, 5.41) is 13.7. The number of likely N-dealkylation sites (N-methyl/N-ethyl adjacent to an activating group) is 1. The zero-order chi connectivity index (χ0) is 31.6. The van der Waals surface area contributed by atoms with E-state index in [0.717, 1.165) is 24.8 Å². The number of hydrogen-bond donors (Lipinski definition) is 2. The van der Waals surface area contributed by atoms with Crippen molar-refractivity contribution in [2.24, 2.45) is 17.8 Å². The smallest absolute Gasteiger partial charge is 0.225 e. The first-order valence-electron chi connectivity index (χ1n) is 15.5. The van der Waals surface area contributed by atoms with E-state index in [-0.39, 0.29) is 48.1 Å². The highest BCUT2D eigenvalue weighted by molar-refractivity contribution is 5.81. The summed E-state index contributed by atoms with van der Waals surface area (Å²) < 4.78 is 11.8. The average molecular weight is 590 g/mol. The molecule has 8 atom stereocenters. The third kappa shape index (κ3) is 9.25. The van der Waals surface area contributed by atoms with Crippen LogP contribution in [-0.2, 0) is 23.9 Å². The van der Waals surface area contributed by atoms with Gasteiger partial charge in [0.15, 0.2) is 0 Å². The Morgan fingerprint density at radius 2 is 1.69 bits per heavy atom. The highest BCUT2D eigenvalue weighted by atomic mass is 16.5. The summed E-state index contributed by atoms with van der Waals surface area (Å²) in [6, 6.07) is 8.22. The highest BCUT2D eigenvalue weighted by Crippen LogP contribution is 2.30. The Morgan fingerprint density at radius 3 is 2.24 bits per heavy atom. The van der Waals surface area contributed by atoms with E-state index in [9.17, 15) is 19.5 Å². The molecule has 1 aromatic carbocycles. The van der Waals surface area contributed by atoms with Crippen LogP contribution in [0.15, 0.2) is 30.3 Å². The number of rotatable bonds is 16. The number of nitrogens with one attached hydrogen (secondary N) is 1. The van der Waals surface area contributed by atoms with Crippen LogP contribution in [0.1, 0.15) is 85.3 Å². The Kier molecular flexibility index (Phi) is 14.4. The minimum absolute atomic E-state index is 0.0507. The fourth-order valence-corrected chi connectivity index (χ4v) is 6.19. The quantitative estimate of drug-likeness (QED) is 0.299. The molecule has 0 aliphatic carbocycles. The molecule has 0 spiro atoms. The summed E-state index contributed by atoms with van der Waals surface area (Å²) in [6.45, 7) is 12.4. The summed E-state index contributed by atoms with van der Waals surface area (Å²) >= 11 is 0. The number of carbonyl (C=O) groups is 3. The largest absolute Gasteiger partial charge is 0.386 e. The Hall–Kier alpha value is -2.49. The van der Waals surface area contributed by atoms with Crippen molar-refractivity contribution in [2.45, 2.75) is 110 Å². The van der Waals surface area contributed by atoms with Crippen molar-refractivity contribution < 1.29 is 29.0 Å². The fraction of sp³-hybridized carbons (Fsp3) is 0.727. The minimum Gasteiger partial charge on any atom is -0.386 e. The Balaban J connectivity index is 2.15. The van der Waals surface area contributed by atoms with Gasteiger partial charge in [-0.2, -0.15) is 0 Å². The number of hydrogen-bond acceptors (Lipinski definition) is 6. The van der Waals surface area contributed by atoms with Gasteiger partial charge in [0.2, 0.25) is 17.7 Å². The molecule has 3 amide bonds. The molecule has 238 valence electrons. The second-order valence-corrected chi connectivity index (χ2v) is 12.4. The van der Waals surface area contributed by atoms with Gasteiger partial charge < -0.3 is 29.7 Å². The second kappa shape index (κ2) is 17.0. The van der Waals surface area contributed by atoms with Gasteiger partial charge in [0.05, 0.1) is 48.8 Å². The number of aliphatic hydroxyl groups is 1. The van der Waals surface area contributed by atoms with Gasteiger partial charge in [-0.3, -0.25) is 14.4 Å². The zero-order valence-corrected chi connectivity index (χ0v) is 27.2. The number of amides is 3. The number of nitrogens with zero attached hydrogens (tertiary/aromatic N) is 2. The molecule has 0 radical (unpaired) electrons. The summed E-state index contributed by atoms with van der Waals surface area (Å²) in [5.41, 5.74) is 0.730. The van der Waals surface area contributed by atoms with Gasteiger partial charge in [-0.1, -0.05) is 71.4 Å². The first-order chi connectivity index (χ1) is 19.9.